The van der Waals surface area contributed by atoms with Crippen LogP contribution in [0.1, 0.15) is 17.9 Å². The zero-order valence-electron chi connectivity index (χ0n) is 16.1. The molecule has 0 saturated carbocycles. The number of anilines is 4. The summed E-state index contributed by atoms with van der Waals surface area (Å²) < 4.78 is 5.28. The molecule has 2 heterocycles. The van der Waals surface area contributed by atoms with Crippen molar-refractivity contribution in [2.24, 2.45) is 0 Å². The summed E-state index contributed by atoms with van der Waals surface area (Å²) in [5.74, 6) is -1.06. The van der Waals surface area contributed by atoms with Gasteiger partial charge in [-0.3, -0.25) is 19.4 Å². The van der Waals surface area contributed by atoms with Crippen molar-refractivity contribution in [3.05, 3.63) is 70.5 Å². The minimum atomic E-state index is -0.953. The number of hydrogen-bond donors (Lipinski definition) is 4. The Hall–Kier alpha value is -4.14. The van der Waals surface area contributed by atoms with E-state index in [1.165, 1.54) is 7.11 Å². The van der Waals surface area contributed by atoms with Crippen LogP contribution in [-0.2, 0) is 9.59 Å². The number of H-pyrrole nitrogens is 1. The fourth-order valence-electron chi connectivity index (χ4n) is 3.28. The molecule has 0 unspecified atom stereocenters. The topological polar surface area (TPSA) is 125 Å². The highest BCUT2D eigenvalue weighted by atomic mass is 16.5. The number of nitrogens with zero attached hydrogens (tertiary/aromatic N) is 1. The Morgan fingerprint density at radius 3 is 2.60 bits per heavy atom. The molecule has 30 heavy (non-hydrogen) atoms. The molecule has 0 bridgehead atoms. The van der Waals surface area contributed by atoms with Crippen molar-refractivity contribution in [2.45, 2.75) is 12.3 Å². The van der Waals surface area contributed by atoms with Crippen molar-refractivity contribution in [1.82, 2.24) is 9.97 Å². The minimum Gasteiger partial charge on any atom is -0.495 e. The number of carbonyl (C=O) groups is 2. The van der Waals surface area contributed by atoms with Gasteiger partial charge in [-0.25, -0.2) is 0 Å². The third-order valence-corrected chi connectivity index (χ3v) is 4.67. The van der Waals surface area contributed by atoms with Crippen LogP contribution in [0, 0.1) is 0 Å². The first kappa shape index (κ1) is 19.2. The second-order valence-corrected chi connectivity index (χ2v) is 6.66. The van der Waals surface area contributed by atoms with Gasteiger partial charge >= 0.3 is 0 Å². The molecule has 0 saturated heterocycles. The monoisotopic (exact) mass is 405 g/mol. The number of nitrogens with one attached hydrogen (secondary N) is 4. The largest absolute Gasteiger partial charge is 0.495 e. The summed E-state index contributed by atoms with van der Waals surface area (Å²) in [6.45, 7) is 0. The lowest BCUT2D eigenvalue weighted by atomic mass is 9.92. The summed E-state index contributed by atoms with van der Waals surface area (Å²) in [5, 5.41) is 8.29. The Bertz CT molecular complexity index is 1160. The molecular weight excluding hydrogens is 386 g/mol. The van der Waals surface area contributed by atoms with Gasteiger partial charge < -0.3 is 20.7 Å². The number of benzene rings is 2. The molecule has 9 nitrogen and oxygen atoms in total. The smallest absolute Gasteiger partial charge is 0.258 e. The Kier molecular flexibility index (Phi) is 5.17. The molecular formula is C21H19N5O4. The number of para-hydroxylation sites is 3. The van der Waals surface area contributed by atoms with Crippen LogP contribution in [0.3, 0.4) is 0 Å². The number of amides is 2. The van der Waals surface area contributed by atoms with E-state index in [0.717, 1.165) is 0 Å². The number of fused-ring (bicyclic) bond motifs is 1. The Morgan fingerprint density at radius 2 is 1.83 bits per heavy atom. The van der Waals surface area contributed by atoms with E-state index in [4.69, 9.17) is 4.74 Å². The van der Waals surface area contributed by atoms with Crippen LogP contribution in [0.2, 0.25) is 0 Å². The quantitative estimate of drug-likeness (QED) is 0.517. The van der Waals surface area contributed by atoms with Crippen LogP contribution >= 0.6 is 0 Å². The summed E-state index contributed by atoms with van der Waals surface area (Å²) in [7, 11) is 1.53. The average molecular weight is 405 g/mol. The van der Waals surface area contributed by atoms with Crippen molar-refractivity contribution in [3.63, 3.8) is 0 Å². The highest BCUT2D eigenvalue weighted by Gasteiger charge is 2.34. The Labute approximate surface area is 171 Å². The fourth-order valence-corrected chi connectivity index (χ4v) is 3.28. The van der Waals surface area contributed by atoms with Crippen LogP contribution in [0.25, 0.3) is 0 Å². The number of ether oxygens (including phenoxy) is 1. The molecule has 1 aliphatic heterocycles. The lowest BCUT2D eigenvalue weighted by Gasteiger charge is -2.23. The van der Waals surface area contributed by atoms with Crippen LogP contribution in [0.5, 0.6) is 5.75 Å². The summed E-state index contributed by atoms with van der Waals surface area (Å²) in [5.41, 5.74) is 0.775. The van der Waals surface area contributed by atoms with Crippen molar-refractivity contribution < 1.29 is 14.3 Å². The van der Waals surface area contributed by atoms with Gasteiger partial charge in [0.2, 0.25) is 17.8 Å². The highest BCUT2D eigenvalue weighted by Crippen LogP contribution is 2.31. The molecule has 9 heteroatoms. The van der Waals surface area contributed by atoms with Gasteiger partial charge in [-0.1, -0.05) is 30.3 Å². The van der Waals surface area contributed by atoms with Crippen molar-refractivity contribution in [1.29, 1.82) is 0 Å². The van der Waals surface area contributed by atoms with E-state index >= 15 is 0 Å². The SMILES string of the molecule is COc1ccccc1Nc1nc2c(c(=O)[nH]1)[C@H](C(=O)Nc1ccccc1)CC(=O)N2. The standard InChI is InChI=1S/C21H19N5O4/c1-30-15-10-6-5-9-14(15)23-21-25-18-17(20(29)26-21)13(11-16(27)24-18)19(28)22-12-7-3-2-4-8-12/h2-10,13H,11H2,1H3,(H,22,28)(H3,23,24,25,26,27,29)/t13-/m1/s1. The van der Waals surface area contributed by atoms with Gasteiger partial charge in [0.15, 0.2) is 0 Å². The number of hydrogen-bond acceptors (Lipinski definition) is 6. The first-order chi connectivity index (χ1) is 14.5. The maximum atomic E-state index is 12.8. The maximum absolute atomic E-state index is 12.8. The van der Waals surface area contributed by atoms with Crippen LogP contribution < -0.4 is 26.2 Å². The molecule has 4 rings (SSSR count). The van der Waals surface area contributed by atoms with Gasteiger partial charge in [0.25, 0.3) is 5.56 Å². The lowest BCUT2D eigenvalue weighted by molar-refractivity contribution is -0.123. The average Bonchev–Trinajstić information content (AvgIpc) is 2.74. The lowest BCUT2D eigenvalue weighted by Crippen LogP contribution is -2.36. The molecule has 1 aliphatic rings. The summed E-state index contributed by atoms with van der Waals surface area (Å²) >= 11 is 0. The van der Waals surface area contributed by atoms with Crippen LogP contribution in [-0.4, -0.2) is 28.9 Å². The van der Waals surface area contributed by atoms with E-state index in [9.17, 15) is 14.4 Å². The molecule has 2 amide bonds. The van der Waals surface area contributed by atoms with Crippen molar-refractivity contribution in [2.75, 3.05) is 23.1 Å². The number of aromatic nitrogens is 2. The molecule has 0 radical (unpaired) electrons. The zero-order valence-corrected chi connectivity index (χ0v) is 16.1. The van der Waals surface area contributed by atoms with Gasteiger partial charge in [0, 0.05) is 12.1 Å². The summed E-state index contributed by atoms with van der Waals surface area (Å²) in [6, 6.07) is 16.0. The van der Waals surface area contributed by atoms with Gasteiger partial charge in [-0.05, 0) is 24.3 Å². The molecule has 4 N–H and O–H groups in total. The third kappa shape index (κ3) is 3.86. The molecule has 0 fully saturated rings. The zero-order chi connectivity index (χ0) is 21.1. The van der Waals surface area contributed by atoms with E-state index in [-0.39, 0.29) is 23.8 Å². The molecule has 0 spiro atoms. The number of carbonyl (C=O) groups excluding carboxylic acids is 2. The maximum Gasteiger partial charge on any atom is 0.258 e. The third-order valence-electron chi connectivity index (χ3n) is 4.67. The predicted molar refractivity (Wildman–Crippen MR) is 112 cm³/mol. The van der Waals surface area contributed by atoms with Gasteiger partial charge in [-0.2, -0.15) is 4.98 Å². The van der Waals surface area contributed by atoms with E-state index in [1.54, 1.807) is 42.5 Å². The molecule has 1 atom stereocenters. The second-order valence-electron chi connectivity index (χ2n) is 6.66. The first-order valence-electron chi connectivity index (χ1n) is 9.25. The first-order valence-corrected chi connectivity index (χ1v) is 9.25. The number of rotatable bonds is 5. The van der Waals surface area contributed by atoms with E-state index in [2.05, 4.69) is 25.9 Å². The van der Waals surface area contributed by atoms with Crippen molar-refractivity contribution in [3.8, 4) is 5.75 Å². The molecule has 3 aromatic rings. The fraction of sp³-hybridized carbons (Fsp3) is 0.143. The Morgan fingerprint density at radius 1 is 1.10 bits per heavy atom. The summed E-state index contributed by atoms with van der Waals surface area (Å²) in [6.07, 6.45) is -0.143. The summed E-state index contributed by atoms with van der Waals surface area (Å²) in [4.78, 5) is 44.7. The number of aromatic amines is 1. The molecule has 2 aromatic carbocycles. The minimum absolute atomic E-state index is 0.0561. The van der Waals surface area contributed by atoms with Gasteiger partial charge in [0.1, 0.15) is 11.6 Å². The van der Waals surface area contributed by atoms with Crippen LogP contribution in [0.4, 0.5) is 23.1 Å². The molecule has 0 aliphatic carbocycles. The highest BCUT2D eigenvalue weighted by molar-refractivity contribution is 6.04. The second kappa shape index (κ2) is 8.08. The van der Waals surface area contributed by atoms with E-state index in [0.29, 0.717) is 17.1 Å². The molecule has 1 aromatic heterocycles. The predicted octanol–water partition coefficient (Wildman–Crippen LogP) is 2.59. The Balaban J connectivity index is 1.66. The van der Waals surface area contributed by atoms with Crippen LogP contribution in [0.15, 0.2) is 59.4 Å². The van der Waals surface area contributed by atoms with E-state index < -0.39 is 23.3 Å². The van der Waals surface area contributed by atoms with Crippen molar-refractivity contribution >= 4 is 35.0 Å². The normalized spacial score (nSPS) is 15.0. The van der Waals surface area contributed by atoms with E-state index in [1.807, 2.05) is 12.1 Å². The molecule has 152 valence electrons. The van der Waals surface area contributed by atoms with Gasteiger partial charge in [-0.15, -0.1) is 0 Å². The number of methoxy groups -OCH3 is 1. The van der Waals surface area contributed by atoms with Gasteiger partial charge in [0.05, 0.1) is 24.3 Å².